The lowest BCUT2D eigenvalue weighted by atomic mass is 10.1. The highest BCUT2D eigenvalue weighted by Gasteiger charge is 2.14. The molecule has 0 saturated carbocycles. The van der Waals surface area contributed by atoms with Gasteiger partial charge in [0.25, 0.3) is 0 Å². The number of hydrogen-bond acceptors (Lipinski definition) is 5. The third kappa shape index (κ3) is 6.61. The van der Waals surface area contributed by atoms with Gasteiger partial charge in [-0.05, 0) is 45.0 Å². The van der Waals surface area contributed by atoms with E-state index < -0.39 is 6.10 Å². The summed E-state index contributed by atoms with van der Waals surface area (Å²) in [6.45, 7) is 6.94. The second-order valence-electron chi connectivity index (χ2n) is 5.92. The average molecular weight is 296 g/mol. The molecule has 120 valence electrons. The van der Waals surface area contributed by atoms with E-state index in [2.05, 4.69) is 17.1 Å². The topological polar surface area (TPSA) is 57.9 Å². The summed E-state index contributed by atoms with van der Waals surface area (Å²) in [5, 5.41) is 13.3. The molecule has 5 heteroatoms. The zero-order valence-corrected chi connectivity index (χ0v) is 13.0. The molecule has 1 fully saturated rings. The number of hydrogen-bond donors (Lipinski definition) is 2. The SMILES string of the molecule is CC(CN1CCCCC1)NCC(O)COCc1ccco1. The number of nitrogens with one attached hydrogen (secondary N) is 1. The summed E-state index contributed by atoms with van der Waals surface area (Å²) < 4.78 is 10.6. The summed E-state index contributed by atoms with van der Waals surface area (Å²) >= 11 is 0. The molecule has 1 aliphatic heterocycles. The van der Waals surface area contributed by atoms with Crippen molar-refractivity contribution in [1.29, 1.82) is 0 Å². The van der Waals surface area contributed by atoms with E-state index in [0.29, 0.717) is 25.8 Å². The second-order valence-corrected chi connectivity index (χ2v) is 5.92. The Balaban J connectivity index is 1.52. The first-order chi connectivity index (χ1) is 10.2. The molecule has 0 aliphatic carbocycles. The van der Waals surface area contributed by atoms with E-state index in [4.69, 9.17) is 9.15 Å². The van der Waals surface area contributed by atoms with E-state index in [-0.39, 0.29) is 0 Å². The van der Waals surface area contributed by atoms with E-state index in [1.54, 1.807) is 6.26 Å². The Morgan fingerprint density at radius 1 is 1.38 bits per heavy atom. The molecule has 0 aromatic carbocycles. The molecule has 0 amide bonds. The molecule has 2 N–H and O–H groups in total. The van der Waals surface area contributed by atoms with Gasteiger partial charge in [-0.3, -0.25) is 0 Å². The van der Waals surface area contributed by atoms with E-state index >= 15 is 0 Å². The van der Waals surface area contributed by atoms with Gasteiger partial charge in [-0.25, -0.2) is 0 Å². The molecule has 2 rings (SSSR count). The molecule has 0 spiro atoms. The summed E-state index contributed by atoms with van der Waals surface area (Å²) in [6.07, 6.45) is 5.14. The number of ether oxygens (including phenoxy) is 1. The zero-order valence-electron chi connectivity index (χ0n) is 13.0. The third-order valence-electron chi connectivity index (χ3n) is 3.82. The Morgan fingerprint density at radius 3 is 2.90 bits per heavy atom. The molecule has 5 nitrogen and oxygen atoms in total. The molecule has 1 aromatic rings. The molecule has 0 radical (unpaired) electrons. The van der Waals surface area contributed by atoms with Gasteiger partial charge in [-0.1, -0.05) is 6.42 Å². The quantitative estimate of drug-likeness (QED) is 0.725. The van der Waals surface area contributed by atoms with Gasteiger partial charge >= 0.3 is 0 Å². The molecule has 2 atom stereocenters. The lowest BCUT2D eigenvalue weighted by molar-refractivity contribution is 0.0211. The molecule has 21 heavy (non-hydrogen) atoms. The van der Waals surface area contributed by atoms with Crippen LogP contribution in [0.4, 0.5) is 0 Å². The molecule has 1 aromatic heterocycles. The van der Waals surface area contributed by atoms with Gasteiger partial charge < -0.3 is 24.5 Å². The molecule has 2 unspecified atom stereocenters. The Kier molecular flexibility index (Phi) is 7.23. The normalized spacial score (nSPS) is 19.5. The summed E-state index contributed by atoms with van der Waals surface area (Å²) in [5.74, 6) is 0.786. The predicted molar refractivity (Wildman–Crippen MR) is 82.1 cm³/mol. The highest BCUT2D eigenvalue weighted by Crippen LogP contribution is 2.08. The first kappa shape index (κ1) is 16.5. The summed E-state index contributed by atoms with van der Waals surface area (Å²) in [7, 11) is 0. The Hall–Kier alpha value is -0.880. The molecular weight excluding hydrogens is 268 g/mol. The van der Waals surface area contributed by atoms with Crippen molar-refractivity contribution in [1.82, 2.24) is 10.2 Å². The highest BCUT2D eigenvalue weighted by atomic mass is 16.5. The number of aliphatic hydroxyl groups is 1. The van der Waals surface area contributed by atoms with Gasteiger partial charge in [0, 0.05) is 19.1 Å². The van der Waals surface area contributed by atoms with Crippen LogP contribution in [0, 0.1) is 0 Å². The van der Waals surface area contributed by atoms with Crippen LogP contribution < -0.4 is 5.32 Å². The average Bonchev–Trinajstić information content (AvgIpc) is 2.99. The Bertz CT molecular complexity index is 364. The maximum atomic E-state index is 9.90. The number of rotatable bonds is 9. The third-order valence-corrected chi connectivity index (χ3v) is 3.82. The van der Waals surface area contributed by atoms with Gasteiger partial charge in [0.2, 0.25) is 0 Å². The van der Waals surface area contributed by atoms with Crippen LogP contribution in [0.2, 0.25) is 0 Å². The molecule has 2 heterocycles. The number of furan rings is 1. The fraction of sp³-hybridized carbons (Fsp3) is 0.750. The fourth-order valence-corrected chi connectivity index (χ4v) is 2.68. The minimum absolute atomic E-state index is 0.324. The van der Waals surface area contributed by atoms with E-state index in [1.165, 1.54) is 32.4 Å². The van der Waals surface area contributed by atoms with Crippen molar-refractivity contribution >= 4 is 0 Å². The lowest BCUT2D eigenvalue weighted by Gasteiger charge is -2.29. The first-order valence-corrected chi connectivity index (χ1v) is 7.98. The van der Waals surface area contributed by atoms with Crippen LogP contribution in [0.5, 0.6) is 0 Å². The van der Waals surface area contributed by atoms with Gasteiger partial charge in [0.1, 0.15) is 12.4 Å². The van der Waals surface area contributed by atoms with Crippen molar-refractivity contribution in [2.75, 3.05) is 32.8 Å². The molecular formula is C16H28N2O3. The molecule has 1 saturated heterocycles. The van der Waals surface area contributed by atoms with Gasteiger partial charge in [-0.15, -0.1) is 0 Å². The number of likely N-dealkylation sites (tertiary alicyclic amines) is 1. The largest absolute Gasteiger partial charge is 0.467 e. The monoisotopic (exact) mass is 296 g/mol. The Labute approximate surface area is 127 Å². The number of aliphatic hydroxyl groups excluding tert-OH is 1. The van der Waals surface area contributed by atoms with E-state index in [9.17, 15) is 5.11 Å². The van der Waals surface area contributed by atoms with Crippen LogP contribution in [0.15, 0.2) is 22.8 Å². The predicted octanol–water partition coefficient (Wildman–Crippen LogP) is 1.62. The van der Waals surface area contributed by atoms with Crippen molar-refractivity contribution in [2.45, 2.75) is 44.9 Å². The van der Waals surface area contributed by atoms with Crippen molar-refractivity contribution in [3.05, 3.63) is 24.2 Å². The number of nitrogens with zero attached hydrogens (tertiary/aromatic N) is 1. The van der Waals surface area contributed by atoms with Crippen LogP contribution in [-0.2, 0) is 11.3 Å². The van der Waals surface area contributed by atoms with E-state index in [0.717, 1.165) is 12.3 Å². The standard InChI is InChI=1S/C16H28N2O3/c1-14(11-18-7-3-2-4-8-18)17-10-15(19)12-20-13-16-6-5-9-21-16/h5-6,9,14-15,17,19H,2-4,7-8,10-13H2,1H3. The summed E-state index contributed by atoms with van der Waals surface area (Å²) in [6, 6.07) is 4.09. The minimum Gasteiger partial charge on any atom is -0.467 e. The second kappa shape index (κ2) is 9.20. The van der Waals surface area contributed by atoms with Crippen LogP contribution >= 0.6 is 0 Å². The van der Waals surface area contributed by atoms with Crippen molar-refractivity contribution in [3.8, 4) is 0 Å². The van der Waals surface area contributed by atoms with Crippen LogP contribution in [0.3, 0.4) is 0 Å². The van der Waals surface area contributed by atoms with Gasteiger partial charge in [-0.2, -0.15) is 0 Å². The van der Waals surface area contributed by atoms with Gasteiger partial charge in [0.05, 0.1) is 19.0 Å². The van der Waals surface area contributed by atoms with Gasteiger partial charge in [0.15, 0.2) is 0 Å². The maximum Gasteiger partial charge on any atom is 0.129 e. The number of piperidine rings is 1. The summed E-state index contributed by atoms with van der Waals surface area (Å²) in [5.41, 5.74) is 0. The molecule has 0 bridgehead atoms. The van der Waals surface area contributed by atoms with Crippen LogP contribution in [0.25, 0.3) is 0 Å². The van der Waals surface area contributed by atoms with Crippen LogP contribution in [-0.4, -0.2) is 54.9 Å². The maximum absolute atomic E-state index is 9.90. The zero-order chi connectivity index (χ0) is 14.9. The molecule has 1 aliphatic rings. The smallest absolute Gasteiger partial charge is 0.129 e. The first-order valence-electron chi connectivity index (χ1n) is 7.98. The van der Waals surface area contributed by atoms with E-state index in [1.807, 2.05) is 12.1 Å². The van der Waals surface area contributed by atoms with Crippen molar-refractivity contribution in [2.24, 2.45) is 0 Å². The summed E-state index contributed by atoms with van der Waals surface area (Å²) in [4.78, 5) is 2.50. The fourth-order valence-electron chi connectivity index (χ4n) is 2.68. The lowest BCUT2D eigenvalue weighted by Crippen LogP contribution is -2.44. The Morgan fingerprint density at radius 2 is 2.19 bits per heavy atom. The van der Waals surface area contributed by atoms with Crippen molar-refractivity contribution < 1.29 is 14.3 Å². The van der Waals surface area contributed by atoms with Crippen molar-refractivity contribution in [3.63, 3.8) is 0 Å². The minimum atomic E-state index is -0.483. The highest BCUT2D eigenvalue weighted by molar-refractivity contribution is 4.96. The van der Waals surface area contributed by atoms with Crippen LogP contribution in [0.1, 0.15) is 31.9 Å².